The van der Waals surface area contributed by atoms with Gasteiger partial charge in [-0.15, -0.1) is 0 Å². The largest absolute Gasteiger partial charge is 0.484 e. The van der Waals surface area contributed by atoms with Crippen LogP contribution < -0.4 is 10.5 Å². The molecule has 0 saturated carbocycles. The Morgan fingerprint density at radius 2 is 2.24 bits per heavy atom. The Balaban J connectivity index is 2.09. The molecular weight excluding hydrogens is 216 g/mol. The van der Waals surface area contributed by atoms with Gasteiger partial charge in [0.2, 0.25) is 0 Å². The first kappa shape index (κ1) is 11.4. The number of hydrogen-bond donors (Lipinski definition) is 1. The van der Waals surface area contributed by atoms with Crippen LogP contribution in [0, 0.1) is 0 Å². The summed E-state index contributed by atoms with van der Waals surface area (Å²) in [5, 5.41) is 0. The molecule has 0 aromatic carbocycles. The number of ether oxygens (including phenoxy) is 1. The van der Waals surface area contributed by atoms with Gasteiger partial charge in [-0.25, -0.2) is 4.98 Å². The summed E-state index contributed by atoms with van der Waals surface area (Å²) in [6, 6.07) is 3.96. The van der Waals surface area contributed by atoms with Gasteiger partial charge in [-0.05, 0) is 26.0 Å². The quantitative estimate of drug-likeness (QED) is 0.875. The zero-order valence-electron chi connectivity index (χ0n) is 10.00. The van der Waals surface area contributed by atoms with Crippen molar-refractivity contribution < 1.29 is 4.74 Å². The summed E-state index contributed by atoms with van der Waals surface area (Å²) in [6.07, 6.45) is 5.04. The number of hydrogen-bond acceptors (Lipinski definition) is 4. The van der Waals surface area contributed by atoms with Crippen molar-refractivity contribution in [3.8, 4) is 5.75 Å². The van der Waals surface area contributed by atoms with E-state index < -0.39 is 0 Å². The molecule has 0 fully saturated rings. The number of aromatic nitrogens is 3. The smallest absolute Gasteiger partial charge is 0.148 e. The summed E-state index contributed by atoms with van der Waals surface area (Å²) < 4.78 is 7.55. The van der Waals surface area contributed by atoms with E-state index in [0.717, 1.165) is 11.6 Å². The predicted octanol–water partition coefficient (Wildman–Crippen LogP) is 2.02. The first-order chi connectivity index (χ1) is 8.18. The Labute approximate surface area is 100 Å². The Morgan fingerprint density at radius 3 is 2.88 bits per heavy atom. The lowest BCUT2D eigenvalue weighted by molar-refractivity contribution is 0.286. The molecule has 90 valence electrons. The van der Waals surface area contributed by atoms with Crippen molar-refractivity contribution >= 4 is 5.82 Å². The van der Waals surface area contributed by atoms with E-state index in [1.54, 1.807) is 18.6 Å². The number of pyridine rings is 1. The van der Waals surface area contributed by atoms with Gasteiger partial charge in [-0.2, -0.15) is 0 Å². The highest BCUT2D eigenvalue weighted by atomic mass is 16.5. The highest BCUT2D eigenvalue weighted by molar-refractivity contribution is 5.28. The zero-order chi connectivity index (χ0) is 12.3. The summed E-state index contributed by atoms with van der Waals surface area (Å²) in [7, 11) is 0. The summed E-state index contributed by atoms with van der Waals surface area (Å²) >= 11 is 0. The summed E-state index contributed by atoms with van der Waals surface area (Å²) in [5.74, 6) is 2.20. The molecule has 0 saturated heterocycles. The number of anilines is 1. The molecule has 0 bridgehead atoms. The van der Waals surface area contributed by atoms with Crippen LogP contribution in [0.15, 0.2) is 30.7 Å². The Hall–Kier alpha value is -2.04. The fraction of sp³-hybridized carbons (Fsp3) is 0.333. The number of nitrogens with zero attached hydrogens (tertiary/aromatic N) is 3. The maximum Gasteiger partial charge on any atom is 0.148 e. The second kappa shape index (κ2) is 4.86. The minimum Gasteiger partial charge on any atom is -0.484 e. The minimum atomic E-state index is 0.269. The molecule has 0 amide bonds. The van der Waals surface area contributed by atoms with Gasteiger partial charge in [-0.3, -0.25) is 4.98 Å². The number of imidazole rings is 1. The molecule has 0 spiro atoms. The lowest BCUT2D eigenvalue weighted by Gasteiger charge is -2.13. The first-order valence-electron chi connectivity index (χ1n) is 5.53. The highest BCUT2D eigenvalue weighted by Crippen LogP contribution is 2.17. The van der Waals surface area contributed by atoms with Crippen LogP contribution in [0.1, 0.15) is 25.7 Å². The standard InChI is InChI=1S/C12H16N4O/c1-9(2)16-11(13)7-15-12(16)8-17-10-4-3-5-14-6-10/h3-7,9H,8,13H2,1-2H3. The van der Waals surface area contributed by atoms with Crippen LogP contribution in [0.4, 0.5) is 5.82 Å². The van der Waals surface area contributed by atoms with Crippen LogP contribution in [-0.4, -0.2) is 14.5 Å². The van der Waals surface area contributed by atoms with Crippen LogP contribution in [0.2, 0.25) is 0 Å². The van der Waals surface area contributed by atoms with E-state index >= 15 is 0 Å². The molecule has 2 N–H and O–H groups in total. The van der Waals surface area contributed by atoms with Gasteiger partial charge in [0.15, 0.2) is 0 Å². The first-order valence-corrected chi connectivity index (χ1v) is 5.53. The van der Waals surface area contributed by atoms with Gasteiger partial charge in [0.25, 0.3) is 0 Å². The number of rotatable bonds is 4. The monoisotopic (exact) mass is 232 g/mol. The van der Waals surface area contributed by atoms with Crippen molar-refractivity contribution in [2.45, 2.75) is 26.5 Å². The van der Waals surface area contributed by atoms with Gasteiger partial charge in [-0.1, -0.05) is 0 Å². The molecule has 0 aliphatic carbocycles. The SMILES string of the molecule is CC(C)n1c(N)cnc1COc1cccnc1. The molecule has 2 aromatic heterocycles. The van der Waals surface area contributed by atoms with Crippen molar-refractivity contribution in [1.29, 1.82) is 0 Å². The van der Waals surface area contributed by atoms with Gasteiger partial charge in [0.1, 0.15) is 24.0 Å². The van der Waals surface area contributed by atoms with Crippen LogP contribution in [0.5, 0.6) is 5.75 Å². The third-order valence-corrected chi connectivity index (χ3v) is 2.42. The van der Waals surface area contributed by atoms with Gasteiger partial charge in [0.05, 0.1) is 12.4 Å². The Kier molecular flexibility index (Phi) is 3.27. The van der Waals surface area contributed by atoms with Crippen LogP contribution in [0.3, 0.4) is 0 Å². The lowest BCUT2D eigenvalue weighted by Crippen LogP contribution is -2.11. The highest BCUT2D eigenvalue weighted by Gasteiger charge is 2.10. The Morgan fingerprint density at radius 1 is 1.41 bits per heavy atom. The maximum atomic E-state index is 5.84. The number of nitrogens with two attached hydrogens (primary N) is 1. The van der Waals surface area contributed by atoms with Gasteiger partial charge >= 0.3 is 0 Å². The van der Waals surface area contributed by atoms with Crippen molar-refractivity contribution in [3.63, 3.8) is 0 Å². The van der Waals surface area contributed by atoms with Crippen molar-refractivity contribution in [3.05, 3.63) is 36.5 Å². The molecule has 17 heavy (non-hydrogen) atoms. The van der Waals surface area contributed by atoms with Crippen molar-refractivity contribution in [2.24, 2.45) is 0 Å². The zero-order valence-corrected chi connectivity index (χ0v) is 10.00. The van der Waals surface area contributed by atoms with Gasteiger partial charge < -0.3 is 15.0 Å². The van der Waals surface area contributed by atoms with E-state index in [1.807, 2.05) is 16.7 Å². The molecule has 0 aliphatic rings. The normalized spacial score (nSPS) is 10.8. The average Bonchev–Trinajstić information content (AvgIpc) is 2.69. The summed E-state index contributed by atoms with van der Waals surface area (Å²) in [5.41, 5.74) is 5.84. The molecule has 2 rings (SSSR count). The van der Waals surface area contributed by atoms with Crippen LogP contribution in [0.25, 0.3) is 0 Å². The topological polar surface area (TPSA) is 66.0 Å². The maximum absolute atomic E-state index is 5.84. The van der Waals surface area contributed by atoms with E-state index in [9.17, 15) is 0 Å². The third kappa shape index (κ3) is 2.55. The molecule has 0 aliphatic heterocycles. The van der Waals surface area contributed by atoms with E-state index in [2.05, 4.69) is 23.8 Å². The molecule has 5 nitrogen and oxygen atoms in total. The molecular formula is C12H16N4O. The Bertz CT molecular complexity index is 479. The fourth-order valence-electron chi connectivity index (χ4n) is 1.70. The van der Waals surface area contributed by atoms with Gasteiger partial charge in [0, 0.05) is 12.2 Å². The molecule has 0 atom stereocenters. The van der Waals surface area contributed by atoms with E-state index in [1.165, 1.54) is 0 Å². The van der Waals surface area contributed by atoms with Crippen LogP contribution in [-0.2, 0) is 6.61 Å². The van der Waals surface area contributed by atoms with E-state index in [0.29, 0.717) is 12.4 Å². The third-order valence-electron chi connectivity index (χ3n) is 2.42. The van der Waals surface area contributed by atoms with Crippen LogP contribution >= 0.6 is 0 Å². The van der Waals surface area contributed by atoms with Crippen molar-refractivity contribution in [1.82, 2.24) is 14.5 Å². The summed E-state index contributed by atoms with van der Waals surface area (Å²) in [6.45, 7) is 4.51. The molecule has 0 radical (unpaired) electrons. The average molecular weight is 232 g/mol. The van der Waals surface area contributed by atoms with E-state index in [4.69, 9.17) is 10.5 Å². The van der Waals surface area contributed by atoms with E-state index in [-0.39, 0.29) is 6.04 Å². The molecule has 0 unspecified atom stereocenters. The number of nitrogen functional groups attached to an aromatic ring is 1. The minimum absolute atomic E-state index is 0.269. The predicted molar refractivity (Wildman–Crippen MR) is 65.6 cm³/mol. The lowest BCUT2D eigenvalue weighted by atomic mass is 10.4. The second-order valence-corrected chi connectivity index (χ2v) is 4.04. The van der Waals surface area contributed by atoms with Crippen molar-refractivity contribution in [2.75, 3.05) is 5.73 Å². The fourth-order valence-corrected chi connectivity index (χ4v) is 1.70. The summed E-state index contributed by atoms with van der Waals surface area (Å²) in [4.78, 5) is 8.23. The molecule has 2 heterocycles. The second-order valence-electron chi connectivity index (χ2n) is 4.04. The molecule has 5 heteroatoms. The molecule has 2 aromatic rings.